The van der Waals surface area contributed by atoms with Crippen LogP contribution in [-0.2, 0) is 9.53 Å². The maximum Gasteiger partial charge on any atom is 0.221 e. The molecule has 2 atom stereocenters. The van der Waals surface area contributed by atoms with E-state index in [0.717, 1.165) is 26.0 Å². The number of carbonyl (C=O) groups excluding carboxylic acids is 1. The highest BCUT2D eigenvalue weighted by Gasteiger charge is 2.30. The van der Waals surface area contributed by atoms with Crippen LogP contribution in [0.15, 0.2) is 0 Å². The Balaban J connectivity index is 2.29. The molecule has 0 aliphatic carbocycles. The average Bonchev–Trinajstić information content (AvgIpc) is 2.72. The summed E-state index contributed by atoms with van der Waals surface area (Å²) in [7, 11) is 0. The van der Waals surface area contributed by atoms with E-state index < -0.39 is 0 Å². The molecule has 0 spiro atoms. The van der Waals surface area contributed by atoms with Gasteiger partial charge >= 0.3 is 0 Å². The van der Waals surface area contributed by atoms with Crippen molar-refractivity contribution >= 4 is 5.91 Å². The van der Waals surface area contributed by atoms with Crippen LogP contribution < -0.4 is 16.4 Å². The Labute approximate surface area is 103 Å². The predicted molar refractivity (Wildman–Crippen MR) is 67.7 cm³/mol. The van der Waals surface area contributed by atoms with E-state index in [9.17, 15) is 4.79 Å². The van der Waals surface area contributed by atoms with E-state index in [1.165, 1.54) is 0 Å². The molecule has 1 aliphatic heterocycles. The van der Waals surface area contributed by atoms with Gasteiger partial charge in [0.05, 0.1) is 5.60 Å². The number of nitrogens with two attached hydrogens (primary N) is 1. The number of amides is 1. The third kappa shape index (κ3) is 5.02. The number of nitrogens with one attached hydrogen (secondary N) is 2. The molecule has 1 rings (SSSR count). The lowest BCUT2D eigenvalue weighted by Gasteiger charge is -2.26. The van der Waals surface area contributed by atoms with Gasteiger partial charge in [-0.15, -0.1) is 0 Å². The van der Waals surface area contributed by atoms with Gasteiger partial charge in [0.1, 0.15) is 0 Å². The molecule has 5 heteroatoms. The third-order valence-electron chi connectivity index (χ3n) is 3.16. The molecule has 1 amide bonds. The number of hydrogen-bond donors (Lipinski definition) is 3. The van der Waals surface area contributed by atoms with E-state index in [2.05, 4.69) is 17.6 Å². The molecule has 5 nitrogen and oxygen atoms in total. The first-order valence-electron chi connectivity index (χ1n) is 6.44. The molecule has 0 aromatic rings. The van der Waals surface area contributed by atoms with Gasteiger partial charge in [-0.25, -0.2) is 0 Å². The number of carbonyl (C=O) groups is 1. The van der Waals surface area contributed by atoms with Gasteiger partial charge in [-0.1, -0.05) is 0 Å². The normalized spacial score (nSPS) is 25.8. The maximum atomic E-state index is 11.5. The summed E-state index contributed by atoms with van der Waals surface area (Å²) >= 11 is 0. The lowest BCUT2D eigenvalue weighted by Crippen LogP contribution is -2.47. The van der Waals surface area contributed by atoms with Crippen LogP contribution in [-0.4, -0.2) is 43.8 Å². The van der Waals surface area contributed by atoms with Gasteiger partial charge in [-0.3, -0.25) is 4.79 Å². The van der Waals surface area contributed by atoms with Gasteiger partial charge in [0, 0.05) is 38.7 Å². The molecule has 17 heavy (non-hydrogen) atoms. The van der Waals surface area contributed by atoms with Crippen molar-refractivity contribution in [3.05, 3.63) is 0 Å². The lowest BCUT2D eigenvalue weighted by molar-refractivity contribution is -0.121. The van der Waals surface area contributed by atoms with Crippen molar-refractivity contribution in [2.24, 2.45) is 5.73 Å². The summed E-state index contributed by atoms with van der Waals surface area (Å²) < 4.78 is 5.68. The smallest absolute Gasteiger partial charge is 0.221 e. The van der Waals surface area contributed by atoms with Crippen molar-refractivity contribution < 1.29 is 9.53 Å². The number of hydrogen-bond acceptors (Lipinski definition) is 4. The van der Waals surface area contributed by atoms with Crippen LogP contribution in [0.2, 0.25) is 0 Å². The van der Waals surface area contributed by atoms with Crippen molar-refractivity contribution in [3.63, 3.8) is 0 Å². The molecule has 2 unspecified atom stereocenters. The fourth-order valence-corrected chi connectivity index (χ4v) is 2.07. The molecule has 1 heterocycles. The summed E-state index contributed by atoms with van der Waals surface area (Å²) in [5, 5.41) is 6.11. The Kier molecular flexibility index (Phi) is 5.88. The van der Waals surface area contributed by atoms with Crippen molar-refractivity contribution in [1.82, 2.24) is 10.6 Å². The molecule has 0 saturated carbocycles. The fraction of sp³-hybridized carbons (Fsp3) is 0.917. The lowest BCUT2D eigenvalue weighted by atomic mass is 10.0. The van der Waals surface area contributed by atoms with Gasteiger partial charge in [-0.05, 0) is 26.7 Å². The van der Waals surface area contributed by atoms with Crippen LogP contribution in [0.3, 0.4) is 0 Å². The van der Waals surface area contributed by atoms with Crippen molar-refractivity contribution in [2.45, 2.75) is 44.8 Å². The Morgan fingerprint density at radius 2 is 2.35 bits per heavy atom. The summed E-state index contributed by atoms with van der Waals surface area (Å²) in [6, 6.07) is 0.0302. The van der Waals surface area contributed by atoms with E-state index in [0.29, 0.717) is 19.5 Å². The van der Waals surface area contributed by atoms with Crippen molar-refractivity contribution in [2.75, 3.05) is 26.2 Å². The first-order chi connectivity index (χ1) is 8.09. The highest BCUT2D eigenvalue weighted by atomic mass is 16.5. The molecular weight excluding hydrogens is 218 g/mol. The minimum absolute atomic E-state index is 0.0302. The van der Waals surface area contributed by atoms with Crippen LogP contribution in [0.5, 0.6) is 0 Å². The van der Waals surface area contributed by atoms with Gasteiger partial charge in [0.25, 0.3) is 0 Å². The predicted octanol–water partition coefficient (Wildman–Crippen LogP) is -0.00140. The molecule has 1 saturated heterocycles. The van der Waals surface area contributed by atoms with E-state index in [1.54, 1.807) is 0 Å². The van der Waals surface area contributed by atoms with E-state index in [1.807, 2.05) is 6.92 Å². The van der Waals surface area contributed by atoms with Crippen LogP contribution >= 0.6 is 0 Å². The maximum absolute atomic E-state index is 11.5. The van der Waals surface area contributed by atoms with Crippen LogP contribution in [0.4, 0.5) is 0 Å². The minimum atomic E-state index is -0.0886. The highest BCUT2D eigenvalue weighted by molar-refractivity contribution is 5.76. The molecular formula is C12H25N3O2. The Hall–Kier alpha value is -0.650. The molecule has 0 aromatic heterocycles. The molecule has 0 bridgehead atoms. The van der Waals surface area contributed by atoms with E-state index in [4.69, 9.17) is 10.5 Å². The Morgan fingerprint density at radius 3 is 2.88 bits per heavy atom. The minimum Gasteiger partial charge on any atom is -0.374 e. The largest absolute Gasteiger partial charge is 0.374 e. The second-order valence-corrected chi connectivity index (χ2v) is 4.87. The second-order valence-electron chi connectivity index (χ2n) is 4.87. The summed E-state index contributed by atoms with van der Waals surface area (Å²) in [4.78, 5) is 11.5. The van der Waals surface area contributed by atoms with Gasteiger partial charge in [-0.2, -0.15) is 0 Å². The highest BCUT2D eigenvalue weighted by Crippen LogP contribution is 2.24. The molecule has 1 fully saturated rings. The SMILES string of the molecule is CCNC(=O)CC(CN)NCC1(C)CCCO1. The van der Waals surface area contributed by atoms with Gasteiger partial charge < -0.3 is 21.1 Å². The number of rotatable bonds is 7. The van der Waals surface area contributed by atoms with Crippen LogP contribution in [0, 0.1) is 0 Å². The molecule has 1 aliphatic rings. The first kappa shape index (κ1) is 14.4. The summed E-state index contributed by atoms with van der Waals surface area (Å²) in [6.45, 7) is 6.74. The monoisotopic (exact) mass is 243 g/mol. The quantitative estimate of drug-likeness (QED) is 0.588. The van der Waals surface area contributed by atoms with Crippen LogP contribution in [0.25, 0.3) is 0 Å². The van der Waals surface area contributed by atoms with Crippen molar-refractivity contribution in [3.8, 4) is 0 Å². The van der Waals surface area contributed by atoms with Crippen molar-refractivity contribution in [1.29, 1.82) is 0 Å². The summed E-state index contributed by atoms with van der Waals surface area (Å²) in [5.41, 5.74) is 5.57. The van der Waals surface area contributed by atoms with E-state index >= 15 is 0 Å². The fourth-order valence-electron chi connectivity index (χ4n) is 2.07. The van der Waals surface area contributed by atoms with Gasteiger partial charge in [0.2, 0.25) is 5.91 Å². The molecule has 0 aromatic carbocycles. The summed E-state index contributed by atoms with van der Waals surface area (Å²) in [5.74, 6) is 0.0490. The summed E-state index contributed by atoms with van der Waals surface area (Å²) in [6.07, 6.45) is 2.61. The Bertz CT molecular complexity index is 240. The Morgan fingerprint density at radius 1 is 1.59 bits per heavy atom. The zero-order valence-electron chi connectivity index (χ0n) is 10.9. The van der Waals surface area contributed by atoms with E-state index in [-0.39, 0.29) is 17.6 Å². The zero-order chi connectivity index (χ0) is 12.7. The number of ether oxygens (including phenoxy) is 1. The van der Waals surface area contributed by atoms with Crippen LogP contribution in [0.1, 0.15) is 33.1 Å². The molecule has 100 valence electrons. The zero-order valence-corrected chi connectivity index (χ0v) is 10.9. The van der Waals surface area contributed by atoms with Gasteiger partial charge in [0.15, 0.2) is 0 Å². The standard InChI is InChI=1S/C12H25N3O2/c1-3-14-11(16)7-10(8-13)15-9-12(2)5-4-6-17-12/h10,15H,3-9,13H2,1-2H3,(H,14,16). The third-order valence-corrected chi connectivity index (χ3v) is 3.16. The first-order valence-corrected chi connectivity index (χ1v) is 6.44. The molecule has 0 radical (unpaired) electrons. The second kappa shape index (κ2) is 6.93. The average molecular weight is 243 g/mol. The topological polar surface area (TPSA) is 76.4 Å². The molecule has 4 N–H and O–H groups in total.